The fourth-order valence-corrected chi connectivity index (χ4v) is 3.10. The standard InChI is InChI=1S/C14H24F3N3O.HI/c1-18-12(19-7-3-9-21-11-14(15,16)17)20-8-6-13(10-20)4-2-5-13;/h2-11H2,1H3,(H,18,19);1H. The number of nitrogens with one attached hydrogen (secondary N) is 1. The van der Waals surface area contributed by atoms with Crippen LogP contribution in [0.5, 0.6) is 0 Å². The molecular weight excluding hydrogens is 410 g/mol. The summed E-state index contributed by atoms with van der Waals surface area (Å²) in [5.74, 6) is 0.856. The van der Waals surface area contributed by atoms with Crippen molar-refractivity contribution in [1.82, 2.24) is 10.2 Å². The second kappa shape index (κ2) is 8.56. The van der Waals surface area contributed by atoms with E-state index in [1.807, 2.05) is 0 Å². The molecule has 1 aliphatic carbocycles. The van der Waals surface area contributed by atoms with Gasteiger partial charge in [-0.25, -0.2) is 0 Å². The molecule has 1 aliphatic heterocycles. The first-order chi connectivity index (χ1) is 9.94. The molecule has 0 amide bonds. The van der Waals surface area contributed by atoms with Crippen LogP contribution < -0.4 is 5.32 Å². The Morgan fingerprint density at radius 2 is 2.05 bits per heavy atom. The molecule has 1 saturated heterocycles. The van der Waals surface area contributed by atoms with Crippen LogP contribution in [0.4, 0.5) is 13.2 Å². The van der Waals surface area contributed by atoms with Crippen molar-refractivity contribution >= 4 is 29.9 Å². The van der Waals surface area contributed by atoms with E-state index in [-0.39, 0.29) is 30.6 Å². The molecule has 22 heavy (non-hydrogen) atoms. The number of ether oxygens (including phenoxy) is 1. The smallest absolute Gasteiger partial charge is 0.372 e. The van der Waals surface area contributed by atoms with Gasteiger partial charge in [-0.2, -0.15) is 13.2 Å². The lowest BCUT2D eigenvalue weighted by molar-refractivity contribution is -0.173. The summed E-state index contributed by atoms with van der Waals surface area (Å²) in [7, 11) is 1.74. The molecule has 1 N–H and O–H groups in total. The highest BCUT2D eigenvalue weighted by Crippen LogP contribution is 2.47. The molecule has 0 aromatic heterocycles. The van der Waals surface area contributed by atoms with Crippen molar-refractivity contribution in [3.63, 3.8) is 0 Å². The first-order valence-electron chi connectivity index (χ1n) is 7.54. The van der Waals surface area contributed by atoms with E-state index < -0.39 is 12.8 Å². The van der Waals surface area contributed by atoms with Crippen molar-refractivity contribution in [3.8, 4) is 0 Å². The fraction of sp³-hybridized carbons (Fsp3) is 0.929. The van der Waals surface area contributed by atoms with E-state index in [2.05, 4.69) is 19.9 Å². The van der Waals surface area contributed by atoms with Crippen molar-refractivity contribution < 1.29 is 17.9 Å². The molecule has 2 aliphatic rings. The molecule has 0 aromatic carbocycles. The molecule has 1 spiro atoms. The van der Waals surface area contributed by atoms with Gasteiger partial charge >= 0.3 is 6.18 Å². The van der Waals surface area contributed by atoms with Gasteiger partial charge in [0.05, 0.1) is 0 Å². The molecule has 2 fully saturated rings. The van der Waals surface area contributed by atoms with Crippen LogP contribution in [0, 0.1) is 5.41 Å². The maximum Gasteiger partial charge on any atom is 0.411 e. The van der Waals surface area contributed by atoms with Gasteiger partial charge in [0.15, 0.2) is 5.96 Å². The summed E-state index contributed by atoms with van der Waals surface area (Å²) in [6.07, 6.45) is 1.47. The van der Waals surface area contributed by atoms with E-state index in [1.54, 1.807) is 7.05 Å². The molecule has 4 nitrogen and oxygen atoms in total. The van der Waals surface area contributed by atoms with Gasteiger partial charge in [0.25, 0.3) is 0 Å². The zero-order valence-corrected chi connectivity index (χ0v) is 15.2. The number of halogens is 4. The normalized spacial score (nSPS) is 20.7. The summed E-state index contributed by atoms with van der Waals surface area (Å²) in [6.45, 7) is 1.58. The van der Waals surface area contributed by atoms with Crippen LogP contribution in [0.1, 0.15) is 32.1 Å². The van der Waals surface area contributed by atoms with Gasteiger partial charge in [-0.3, -0.25) is 4.99 Å². The monoisotopic (exact) mass is 435 g/mol. The topological polar surface area (TPSA) is 36.9 Å². The highest BCUT2D eigenvalue weighted by Gasteiger charge is 2.43. The molecule has 130 valence electrons. The molecule has 0 unspecified atom stereocenters. The lowest BCUT2D eigenvalue weighted by atomic mass is 9.68. The third-order valence-electron chi connectivity index (χ3n) is 4.38. The Kier molecular flexibility index (Phi) is 7.70. The van der Waals surface area contributed by atoms with Gasteiger partial charge < -0.3 is 15.0 Å². The molecule has 2 rings (SSSR count). The first kappa shape index (κ1) is 19.8. The maximum atomic E-state index is 11.9. The molecule has 1 heterocycles. The molecule has 0 bridgehead atoms. The van der Waals surface area contributed by atoms with Gasteiger partial charge in [-0.15, -0.1) is 24.0 Å². The van der Waals surface area contributed by atoms with Gasteiger partial charge in [0.2, 0.25) is 0 Å². The summed E-state index contributed by atoms with van der Waals surface area (Å²) in [5.41, 5.74) is 0.507. The zero-order valence-electron chi connectivity index (χ0n) is 12.9. The van der Waals surface area contributed by atoms with Crippen LogP contribution in [0.2, 0.25) is 0 Å². The Labute approximate surface area is 146 Å². The van der Waals surface area contributed by atoms with Crippen LogP contribution in [-0.4, -0.2) is 56.9 Å². The quantitative estimate of drug-likeness (QED) is 0.312. The fourth-order valence-electron chi connectivity index (χ4n) is 3.10. The number of likely N-dealkylation sites (tertiary alicyclic amines) is 1. The lowest BCUT2D eigenvalue weighted by Gasteiger charge is -2.38. The zero-order chi connectivity index (χ0) is 15.3. The summed E-state index contributed by atoms with van der Waals surface area (Å²) >= 11 is 0. The minimum Gasteiger partial charge on any atom is -0.372 e. The van der Waals surface area contributed by atoms with Crippen molar-refractivity contribution in [2.75, 3.05) is 39.9 Å². The van der Waals surface area contributed by atoms with E-state index in [4.69, 9.17) is 0 Å². The highest BCUT2D eigenvalue weighted by atomic mass is 127. The second-order valence-electron chi connectivity index (χ2n) is 6.02. The largest absolute Gasteiger partial charge is 0.411 e. The highest BCUT2D eigenvalue weighted by molar-refractivity contribution is 14.0. The third kappa shape index (κ3) is 5.75. The predicted molar refractivity (Wildman–Crippen MR) is 90.7 cm³/mol. The molecule has 1 saturated carbocycles. The van der Waals surface area contributed by atoms with Gasteiger partial charge in [0, 0.05) is 33.3 Å². The van der Waals surface area contributed by atoms with Crippen molar-refractivity contribution in [3.05, 3.63) is 0 Å². The van der Waals surface area contributed by atoms with Gasteiger partial charge in [0.1, 0.15) is 6.61 Å². The SMILES string of the molecule is CN=C(NCCCOCC(F)(F)F)N1CCC2(CCC2)C1.I. The van der Waals surface area contributed by atoms with Crippen molar-refractivity contribution in [1.29, 1.82) is 0 Å². The second-order valence-corrected chi connectivity index (χ2v) is 6.02. The van der Waals surface area contributed by atoms with Crippen molar-refractivity contribution in [2.45, 2.75) is 38.3 Å². The van der Waals surface area contributed by atoms with Crippen molar-refractivity contribution in [2.24, 2.45) is 10.4 Å². The predicted octanol–water partition coefficient (Wildman–Crippen LogP) is 3.02. The Morgan fingerprint density at radius 3 is 2.55 bits per heavy atom. The number of rotatable bonds is 5. The first-order valence-corrected chi connectivity index (χ1v) is 7.54. The Hall–Kier alpha value is -0.250. The average Bonchev–Trinajstić information content (AvgIpc) is 2.82. The number of guanidine groups is 1. The molecule has 0 aromatic rings. The molecule has 0 atom stereocenters. The maximum absolute atomic E-state index is 11.9. The molecule has 8 heteroatoms. The Bertz CT molecular complexity index is 373. The molecular formula is C14H25F3IN3O. The Balaban J connectivity index is 0.00000242. The summed E-state index contributed by atoms with van der Waals surface area (Å²) in [6, 6.07) is 0. The summed E-state index contributed by atoms with van der Waals surface area (Å²) in [5, 5.41) is 3.21. The number of alkyl halides is 3. The van der Waals surface area contributed by atoms with Gasteiger partial charge in [-0.05, 0) is 31.1 Å². The van der Waals surface area contributed by atoms with Crippen LogP contribution >= 0.6 is 24.0 Å². The number of hydrogen-bond donors (Lipinski definition) is 1. The van der Waals surface area contributed by atoms with E-state index in [9.17, 15) is 13.2 Å². The number of aliphatic imine (C=N–C) groups is 1. The average molecular weight is 435 g/mol. The Morgan fingerprint density at radius 1 is 1.32 bits per heavy atom. The lowest BCUT2D eigenvalue weighted by Crippen LogP contribution is -2.43. The van der Waals surface area contributed by atoms with E-state index in [0.717, 1.165) is 19.0 Å². The van der Waals surface area contributed by atoms with E-state index >= 15 is 0 Å². The summed E-state index contributed by atoms with van der Waals surface area (Å²) in [4.78, 5) is 6.52. The van der Waals surface area contributed by atoms with E-state index in [0.29, 0.717) is 18.4 Å². The van der Waals surface area contributed by atoms with Crippen LogP contribution in [0.25, 0.3) is 0 Å². The van der Waals surface area contributed by atoms with E-state index in [1.165, 1.54) is 25.7 Å². The minimum absolute atomic E-state index is 0. The van der Waals surface area contributed by atoms with Crippen LogP contribution in [-0.2, 0) is 4.74 Å². The van der Waals surface area contributed by atoms with Crippen LogP contribution in [0.3, 0.4) is 0 Å². The summed E-state index contributed by atoms with van der Waals surface area (Å²) < 4.78 is 40.3. The number of hydrogen-bond acceptors (Lipinski definition) is 2. The minimum atomic E-state index is -4.24. The van der Waals surface area contributed by atoms with Gasteiger partial charge in [-0.1, -0.05) is 6.42 Å². The third-order valence-corrected chi connectivity index (χ3v) is 4.38. The van der Waals surface area contributed by atoms with Crippen LogP contribution in [0.15, 0.2) is 4.99 Å². The number of nitrogens with zero attached hydrogens (tertiary/aromatic N) is 2. The molecule has 0 radical (unpaired) electrons.